The second-order valence-electron chi connectivity index (χ2n) is 6.46. The molecule has 0 saturated carbocycles. The highest BCUT2D eigenvalue weighted by Gasteiger charge is 2.23. The predicted octanol–water partition coefficient (Wildman–Crippen LogP) is 3.87. The lowest BCUT2D eigenvalue weighted by atomic mass is 10.2. The van der Waals surface area contributed by atoms with Crippen LogP contribution in [0.4, 0.5) is 11.4 Å². The Morgan fingerprint density at radius 1 is 1.18 bits per heavy atom. The number of rotatable bonds is 7. The minimum absolute atomic E-state index is 0.154. The first-order chi connectivity index (χ1) is 13.8. The first-order valence-electron chi connectivity index (χ1n) is 9.44. The number of hydrogen-bond donors (Lipinski definition) is 1. The predicted molar refractivity (Wildman–Crippen MR) is 106 cm³/mol. The summed E-state index contributed by atoms with van der Waals surface area (Å²) >= 11 is 0. The number of nitrogens with one attached hydrogen (secondary N) is 1. The largest absolute Gasteiger partial charge is 0.493 e. The fourth-order valence-corrected chi connectivity index (χ4v) is 3.30. The number of amides is 1. The average Bonchev–Trinajstić information content (AvgIpc) is 3.36. The molecule has 1 aromatic heterocycles. The zero-order chi connectivity index (χ0) is 19.3. The van der Waals surface area contributed by atoms with Gasteiger partial charge in [0.25, 0.3) is 0 Å². The molecule has 7 nitrogen and oxygen atoms in total. The quantitative estimate of drug-likeness (QED) is 0.672. The first kappa shape index (κ1) is 18.0. The zero-order valence-corrected chi connectivity index (χ0v) is 15.7. The molecule has 0 aliphatic carbocycles. The summed E-state index contributed by atoms with van der Waals surface area (Å²) in [6.45, 7) is 3.61. The van der Waals surface area contributed by atoms with E-state index >= 15 is 0 Å². The van der Waals surface area contributed by atoms with E-state index < -0.39 is 0 Å². The molecule has 0 bridgehead atoms. The number of anilines is 2. The van der Waals surface area contributed by atoms with Crippen molar-refractivity contribution < 1.29 is 14.1 Å². The van der Waals surface area contributed by atoms with Gasteiger partial charge in [0.05, 0.1) is 30.1 Å². The molecule has 0 unspecified atom stereocenters. The van der Waals surface area contributed by atoms with E-state index in [2.05, 4.69) is 15.5 Å². The van der Waals surface area contributed by atoms with Crippen LogP contribution in [0.2, 0.25) is 0 Å². The van der Waals surface area contributed by atoms with Crippen molar-refractivity contribution in [1.82, 2.24) is 10.1 Å². The molecule has 3 aromatic rings. The molecular weight excluding hydrogens is 356 g/mol. The third kappa shape index (κ3) is 3.69. The van der Waals surface area contributed by atoms with Crippen molar-refractivity contribution in [2.24, 2.45) is 0 Å². The molecule has 2 heterocycles. The number of carbonyl (C=O) groups excluding carboxylic acids is 1. The third-order valence-corrected chi connectivity index (χ3v) is 4.59. The van der Waals surface area contributed by atoms with Crippen molar-refractivity contribution in [2.45, 2.75) is 26.3 Å². The number of ether oxygens (including phenoxy) is 1. The number of para-hydroxylation sites is 3. The SMILES string of the molecule is CCOc1ccccc1-c1noc(CNc2ccccc2N2CCCC2=O)n1. The fourth-order valence-electron chi connectivity index (χ4n) is 3.30. The second kappa shape index (κ2) is 8.12. The van der Waals surface area contributed by atoms with Gasteiger partial charge in [0.15, 0.2) is 0 Å². The van der Waals surface area contributed by atoms with Crippen molar-refractivity contribution in [2.75, 3.05) is 23.4 Å². The molecule has 0 radical (unpaired) electrons. The van der Waals surface area contributed by atoms with Gasteiger partial charge >= 0.3 is 0 Å². The maximum absolute atomic E-state index is 12.1. The number of carbonyl (C=O) groups is 1. The van der Waals surface area contributed by atoms with Crippen LogP contribution in [0.15, 0.2) is 53.1 Å². The Hall–Kier alpha value is -3.35. The Morgan fingerprint density at radius 3 is 2.82 bits per heavy atom. The van der Waals surface area contributed by atoms with Crippen LogP contribution in [-0.4, -0.2) is 29.2 Å². The number of benzene rings is 2. The molecule has 144 valence electrons. The average molecular weight is 378 g/mol. The molecule has 28 heavy (non-hydrogen) atoms. The molecule has 1 aliphatic heterocycles. The van der Waals surface area contributed by atoms with E-state index in [-0.39, 0.29) is 5.91 Å². The number of hydrogen-bond acceptors (Lipinski definition) is 6. The molecule has 1 N–H and O–H groups in total. The number of aromatic nitrogens is 2. The molecule has 1 fully saturated rings. The molecule has 1 amide bonds. The van der Waals surface area contributed by atoms with E-state index in [0.717, 1.165) is 35.7 Å². The van der Waals surface area contributed by atoms with Gasteiger partial charge in [-0.15, -0.1) is 0 Å². The van der Waals surface area contributed by atoms with E-state index in [1.54, 1.807) is 0 Å². The first-order valence-corrected chi connectivity index (χ1v) is 9.44. The lowest BCUT2D eigenvalue weighted by Gasteiger charge is -2.19. The summed E-state index contributed by atoms with van der Waals surface area (Å²) in [5.41, 5.74) is 2.54. The van der Waals surface area contributed by atoms with E-state index in [1.165, 1.54) is 0 Å². The summed E-state index contributed by atoms with van der Waals surface area (Å²) in [5, 5.41) is 7.39. The van der Waals surface area contributed by atoms with Crippen LogP contribution in [-0.2, 0) is 11.3 Å². The standard InChI is InChI=1S/C21H22N4O3/c1-2-27-18-11-6-3-8-15(18)21-23-19(28-24-21)14-22-16-9-4-5-10-17(16)25-13-7-12-20(25)26/h3-6,8-11,22H,2,7,12-14H2,1H3. The van der Waals surface area contributed by atoms with E-state index in [9.17, 15) is 4.79 Å². The van der Waals surface area contributed by atoms with Crippen LogP contribution in [0, 0.1) is 0 Å². The third-order valence-electron chi connectivity index (χ3n) is 4.59. The summed E-state index contributed by atoms with van der Waals surface area (Å²) in [6.07, 6.45) is 1.49. The van der Waals surface area contributed by atoms with Crippen molar-refractivity contribution in [3.63, 3.8) is 0 Å². The molecule has 0 spiro atoms. The summed E-state index contributed by atoms with van der Waals surface area (Å²) < 4.78 is 11.0. The van der Waals surface area contributed by atoms with Crippen LogP contribution in [0.3, 0.4) is 0 Å². The zero-order valence-electron chi connectivity index (χ0n) is 15.7. The van der Waals surface area contributed by atoms with Gasteiger partial charge in [0.2, 0.25) is 17.6 Å². The Kier molecular flexibility index (Phi) is 5.23. The molecule has 1 saturated heterocycles. The van der Waals surface area contributed by atoms with Gasteiger partial charge in [-0.25, -0.2) is 0 Å². The number of nitrogens with zero attached hydrogens (tertiary/aromatic N) is 3. The topological polar surface area (TPSA) is 80.5 Å². The second-order valence-corrected chi connectivity index (χ2v) is 6.46. The van der Waals surface area contributed by atoms with Gasteiger partial charge in [-0.05, 0) is 37.6 Å². The summed E-state index contributed by atoms with van der Waals surface area (Å²) in [6, 6.07) is 15.4. The van der Waals surface area contributed by atoms with Crippen LogP contribution in [0.25, 0.3) is 11.4 Å². The smallest absolute Gasteiger partial charge is 0.246 e. The highest BCUT2D eigenvalue weighted by molar-refractivity contribution is 5.98. The minimum atomic E-state index is 0.154. The Balaban J connectivity index is 1.50. The highest BCUT2D eigenvalue weighted by Crippen LogP contribution is 2.30. The Labute approximate surface area is 163 Å². The van der Waals surface area contributed by atoms with Gasteiger partial charge in [0, 0.05) is 13.0 Å². The minimum Gasteiger partial charge on any atom is -0.493 e. The molecule has 0 atom stereocenters. The van der Waals surface area contributed by atoms with Crippen molar-refractivity contribution >= 4 is 17.3 Å². The van der Waals surface area contributed by atoms with Crippen molar-refractivity contribution in [3.8, 4) is 17.1 Å². The maximum atomic E-state index is 12.1. The van der Waals surface area contributed by atoms with Gasteiger partial charge in [-0.2, -0.15) is 4.98 Å². The Bertz CT molecular complexity index is 970. The lowest BCUT2D eigenvalue weighted by Crippen LogP contribution is -2.24. The van der Waals surface area contributed by atoms with E-state index in [1.807, 2.05) is 60.4 Å². The molecular formula is C21H22N4O3. The van der Waals surface area contributed by atoms with Gasteiger partial charge < -0.3 is 19.5 Å². The van der Waals surface area contributed by atoms with Crippen molar-refractivity contribution in [1.29, 1.82) is 0 Å². The molecule has 2 aromatic carbocycles. The molecule has 1 aliphatic rings. The van der Waals surface area contributed by atoms with Gasteiger partial charge in [-0.3, -0.25) is 4.79 Å². The Morgan fingerprint density at radius 2 is 2.00 bits per heavy atom. The maximum Gasteiger partial charge on any atom is 0.246 e. The summed E-state index contributed by atoms with van der Waals surface area (Å²) in [5.74, 6) is 1.83. The summed E-state index contributed by atoms with van der Waals surface area (Å²) in [4.78, 5) is 18.4. The van der Waals surface area contributed by atoms with Gasteiger partial charge in [-0.1, -0.05) is 29.4 Å². The van der Waals surface area contributed by atoms with E-state index in [4.69, 9.17) is 9.26 Å². The fraction of sp³-hybridized carbons (Fsp3) is 0.286. The van der Waals surface area contributed by atoms with E-state index in [0.29, 0.717) is 31.3 Å². The summed E-state index contributed by atoms with van der Waals surface area (Å²) in [7, 11) is 0. The molecule has 7 heteroatoms. The van der Waals surface area contributed by atoms with Crippen LogP contribution in [0.5, 0.6) is 5.75 Å². The molecule has 4 rings (SSSR count). The van der Waals surface area contributed by atoms with Gasteiger partial charge in [0.1, 0.15) is 5.75 Å². The highest BCUT2D eigenvalue weighted by atomic mass is 16.5. The monoisotopic (exact) mass is 378 g/mol. The van der Waals surface area contributed by atoms with Crippen LogP contribution >= 0.6 is 0 Å². The van der Waals surface area contributed by atoms with Crippen LogP contribution < -0.4 is 15.0 Å². The normalized spacial score (nSPS) is 13.8. The lowest BCUT2D eigenvalue weighted by molar-refractivity contribution is -0.117. The van der Waals surface area contributed by atoms with Crippen LogP contribution in [0.1, 0.15) is 25.7 Å². The van der Waals surface area contributed by atoms with Crippen molar-refractivity contribution in [3.05, 3.63) is 54.4 Å².